The van der Waals surface area contributed by atoms with E-state index in [0.717, 1.165) is 6.07 Å². The molecule has 1 fully saturated rings. The Labute approximate surface area is 114 Å². The zero-order valence-electron chi connectivity index (χ0n) is 10.7. The molecule has 1 saturated heterocycles. The number of β-amino-alcohol motifs (C(OH)–C–C–N with tert-alkyl or cyclic N) is 1. The number of likely N-dealkylation sites (tertiary alicyclic amines) is 1. The number of rotatable bonds is 2. The molecule has 0 radical (unpaired) electrons. The molecule has 0 aliphatic carbocycles. The van der Waals surface area contributed by atoms with E-state index in [1.165, 1.54) is 17.0 Å². The lowest BCUT2D eigenvalue weighted by atomic mass is 10.1. The van der Waals surface area contributed by atoms with Crippen LogP contribution in [0.25, 0.3) is 0 Å². The molecule has 1 heterocycles. The van der Waals surface area contributed by atoms with E-state index >= 15 is 0 Å². The summed E-state index contributed by atoms with van der Waals surface area (Å²) in [6, 6.07) is 2.94. The van der Waals surface area contributed by atoms with Crippen molar-refractivity contribution in [3.8, 4) is 0 Å². The number of urea groups is 1. The van der Waals surface area contributed by atoms with E-state index in [1.807, 2.05) is 0 Å². The van der Waals surface area contributed by atoms with Crippen LogP contribution < -0.4 is 5.32 Å². The minimum Gasteiger partial charge on any atom is -0.478 e. The predicted octanol–water partition coefficient (Wildman–Crippen LogP) is 1.51. The Bertz CT molecular complexity index is 535. The van der Waals surface area contributed by atoms with E-state index in [2.05, 4.69) is 5.32 Å². The van der Waals surface area contributed by atoms with E-state index < -0.39 is 23.9 Å². The van der Waals surface area contributed by atoms with Gasteiger partial charge in [0.25, 0.3) is 0 Å². The number of anilines is 1. The molecule has 20 heavy (non-hydrogen) atoms. The second kappa shape index (κ2) is 5.87. The number of aromatic carboxylic acids is 1. The maximum absolute atomic E-state index is 13.7. The van der Waals surface area contributed by atoms with Gasteiger partial charge < -0.3 is 20.4 Å². The number of hydrogen-bond donors (Lipinski definition) is 3. The normalized spacial score (nSPS) is 18.7. The fourth-order valence-electron chi connectivity index (χ4n) is 2.15. The Hall–Kier alpha value is -2.15. The third-order valence-electron chi connectivity index (χ3n) is 3.16. The number of halogens is 1. The first-order valence-electron chi connectivity index (χ1n) is 6.25. The van der Waals surface area contributed by atoms with Gasteiger partial charge in [-0.15, -0.1) is 0 Å². The van der Waals surface area contributed by atoms with E-state index in [9.17, 15) is 19.1 Å². The zero-order chi connectivity index (χ0) is 14.7. The number of hydrogen-bond acceptors (Lipinski definition) is 3. The summed E-state index contributed by atoms with van der Waals surface area (Å²) in [7, 11) is 0. The molecule has 1 aliphatic rings. The summed E-state index contributed by atoms with van der Waals surface area (Å²) in [5.41, 5.74) is -0.666. The molecule has 0 aromatic heterocycles. The zero-order valence-corrected chi connectivity index (χ0v) is 10.7. The molecular weight excluding hydrogens is 267 g/mol. The smallest absolute Gasteiger partial charge is 0.337 e. The van der Waals surface area contributed by atoms with Crippen LogP contribution in [-0.2, 0) is 0 Å². The fourth-order valence-corrected chi connectivity index (χ4v) is 2.15. The molecular formula is C13H15FN2O4. The molecule has 108 valence electrons. The number of benzene rings is 1. The van der Waals surface area contributed by atoms with Crippen LogP contribution in [0.3, 0.4) is 0 Å². The average Bonchev–Trinajstić information content (AvgIpc) is 2.40. The van der Waals surface area contributed by atoms with Crippen molar-refractivity contribution in [1.82, 2.24) is 4.90 Å². The number of carbonyl (C=O) groups excluding carboxylic acids is 1. The molecule has 1 aromatic rings. The molecule has 1 atom stereocenters. The fraction of sp³-hybridized carbons (Fsp3) is 0.385. The van der Waals surface area contributed by atoms with Crippen molar-refractivity contribution in [3.05, 3.63) is 29.6 Å². The lowest BCUT2D eigenvalue weighted by molar-refractivity contribution is 0.0697. The molecule has 3 N–H and O–H groups in total. The molecule has 0 bridgehead atoms. The number of aliphatic hydroxyl groups is 1. The van der Waals surface area contributed by atoms with Crippen molar-refractivity contribution in [3.63, 3.8) is 0 Å². The topological polar surface area (TPSA) is 89.9 Å². The van der Waals surface area contributed by atoms with E-state index in [-0.39, 0.29) is 17.8 Å². The summed E-state index contributed by atoms with van der Waals surface area (Å²) < 4.78 is 13.7. The Kier molecular flexibility index (Phi) is 4.19. The number of aliphatic hydroxyl groups excluding tert-OH is 1. The third kappa shape index (κ3) is 3.05. The number of piperidine rings is 1. The molecule has 1 unspecified atom stereocenters. The molecule has 1 aromatic carbocycles. The highest BCUT2D eigenvalue weighted by Crippen LogP contribution is 2.21. The number of nitrogens with one attached hydrogen (secondary N) is 1. The van der Waals surface area contributed by atoms with Gasteiger partial charge in [-0.05, 0) is 25.0 Å². The van der Waals surface area contributed by atoms with Crippen LogP contribution in [0.4, 0.5) is 14.9 Å². The highest BCUT2D eigenvalue weighted by atomic mass is 19.1. The van der Waals surface area contributed by atoms with Crippen molar-refractivity contribution in [2.45, 2.75) is 18.9 Å². The van der Waals surface area contributed by atoms with Crippen LogP contribution in [0.15, 0.2) is 18.2 Å². The third-order valence-corrected chi connectivity index (χ3v) is 3.16. The van der Waals surface area contributed by atoms with Crippen molar-refractivity contribution in [2.24, 2.45) is 0 Å². The average molecular weight is 282 g/mol. The van der Waals surface area contributed by atoms with Gasteiger partial charge in [-0.3, -0.25) is 0 Å². The first-order chi connectivity index (χ1) is 9.49. The van der Waals surface area contributed by atoms with Gasteiger partial charge >= 0.3 is 12.0 Å². The maximum atomic E-state index is 13.7. The largest absolute Gasteiger partial charge is 0.478 e. The predicted molar refractivity (Wildman–Crippen MR) is 69.2 cm³/mol. The van der Waals surface area contributed by atoms with Crippen molar-refractivity contribution in [2.75, 3.05) is 18.4 Å². The minimum atomic E-state index is -1.32. The Balaban J connectivity index is 2.17. The quantitative estimate of drug-likeness (QED) is 0.767. The first kappa shape index (κ1) is 14.3. The Morgan fingerprint density at radius 3 is 2.80 bits per heavy atom. The Morgan fingerprint density at radius 2 is 2.15 bits per heavy atom. The number of carboxylic acid groups (broad SMARTS) is 1. The van der Waals surface area contributed by atoms with Crippen molar-refractivity contribution >= 4 is 17.7 Å². The lowest BCUT2D eigenvalue weighted by Gasteiger charge is -2.30. The highest BCUT2D eigenvalue weighted by Gasteiger charge is 2.24. The van der Waals surface area contributed by atoms with Gasteiger partial charge in [0.1, 0.15) is 5.82 Å². The molecule has 2 amide bonds. The number of carbonyl (C=O) groups is 2. The van der Waals surface area contributed by atoms with Crippen molar-refractivity contribution < 1.29 is 24.2 Å². The number of amides is 2. The van der Waals surface area contributed by atoms with Crippen LogP contribution >= 0.6 is 0 Å². The van der Waals surface area contributed by atoms with Gasteiger partial charge in [0, 0.05) is 13.1 Å². The number of carboxylic acids is 1. The summed E-state index contributed by atoms with van der Waals surface area (Å²) >= 11 is 0. The van der Waals surface area contributed by atoms with Crippen molar-refractivity contribution in [1.29, 1.82) is 0 Å². The van der Waals surface area contributed by atoms with Crippen LogP contribution in [0.5, 0.6) is 0 Å². The van der Waals surface area contributed by atoms with Crippen LogP contribution in [0.1, 0.15) is 23.2 Å². The monoisotopic (exact) mass is 282 g/mol. The maximum Gasteiger partial charge on any atom is 0.337 e. The van der Waals surface area contributed by atoms with Gasteiger partial charge in [-0.2, -0.15) is 0 Å². The van der Waals surface area contributed by atoms with Gasteiger partial charge in [-0.25, -0.2) is 14.0 Å². The van der Waals surface area contributed by atoms with Gasteiger partial charge in [-0.1, -0.05) is 6.07 Å². The standard InChI is InChI=1S/C13H15FN2O4/c14-10-5-1-4-9(12(18)19)11(10)15-13(20)16-6-2-3-8(17)7-16/h1,4-5,8,17H,2-3,6-7H2,(H,15,20)(H,18,19). The summed E-state index contributed by atoms with van der Waals surface area (Å²) in [4.78, 5) is 24.3. The van der Waals surface area contributed by atoms with Gasteiger partial charge in [0.15, 0.2) is 0 Å². The molecule has 0 spiro atoms. The summed E-state index contributed by atoms with van der Waals surface area (Å²) in [5, 5.41) is 20.8. The summed E-state index contributed by atoms with van der Waals surface area (Å²) in [6.45, 7) is 0.600. The van der Waals surface area contributed by atoms with Crippen LogP contribution in [0.2, 0.25) is 0 Å². The molecule has 6 nitrogen and oxygen atoms in total. The molecule has 1 aliphatic heterocycles. The molecule has 0 saturated carbocycles. The van der Waals surface area contributed by atoms with E-state index in [0.29, 0.717) is 19.4 Å². The first-order valence-corrected chi connectivity index (χ1v) is 6.25. The van der Waals surface area contributed by atoms with Gasteiger partial charge in [0.05, 0.1) is 17.4 Å². The number of nitrogens with zero attached hydrogens (tertiary/aromatic N) is 1. The van der Waals surface area contributed by atoms with E-state index in [4.69, 9.17) is 5.11 Å². The Morgan fingerprint density at radius 1 is 1.40 bits per heavy atom. The molecule has 2 rings (SSSR count). The second-order valence-electron chi connectivity index (χ2n) is 4.64. The van der Waals surface area contributed by atoms with E-state index in [1.54, 1.807) is 0 Å². The minimum absolute atomic E-state index is 0.155. The SMILES string of the molecule is O=C(O)c1cccc(F)c1NC(=O)N1CCCC(O)C1. The lowest BCUT2D eigenvalue weighted by Crippen LogP contribution is -2.44. The second-order valence-corrected chi connectivity index (χ2v) is 4.64. The molecule has 7 heteroatoms. The van der Waals surface area contributed by atoms with Crippen LogP contribution in [0, 0.1) is 5.82 Å². The highest BCUT2D eigenvalue weighted by molar-refractivity contribution is 6.00. The van der Waals surface area contributed by atoms with Gasteiger partial charge in [0.2, 0.25) is 0 Å². The summed E-state index contributed by atoms with van der Waals surface area (Å²) in [5.74, 6) is -2.13. The number of para-hydroxylation sites is 1. The summed E-state index contributed by atoms with van der Waals surface area (Å²) in [6.07, 6.45) is 0.663. The van der Waals surface area contributed by atoms with Crippen LogP contribution in [-0.4, -0.2) is 46.3 Å².